The molecule has 2 aromatic rings. The van der Waals surface area contributed by atoms with E-state index in [2.05, 4.69) is 33.2 Å². The summed E-state index contributed by atoms with van der Waals surface area (Å²) < 4.78 is 6.14. The molecule has 0 saturated carbocycles. The summed E-state index contributed by atoms with van der Waals surface area (Å²) in [6.45, 7) is 4.89. The third-order valence-corrected chi connectivity index (χ3v) is 4.36. The number of halogens is 1. The van der Waals surface area contributed by atoms with Crippen LogP contribution in [0.5, 0.6) is 5.75 Å². The molecule has 1 aromatic heterocycles. The van der Waals surface area contributed by atoms with E-state index >= 15 is 0 Å². The molecule has 0 atom stereocenters. The number of anilines is 1. The molecule has 1 heterocycles. The Morgan fingerprint density at radius 2 is 2.17 bits per heavy atom. The standard InChI is InChI=1S/C13H15BrN2OS/c1-8-9(2)18-13(16-8)7-15-10-4-5-12(17-3)11(14)6-10/h4-6,15H,7H2,1-3H3. The van der Waals surface area contributed by atoms with Crippen molar-refractivity contribution in [1.82, 2.24) is 4.98 Å². The molecule has 0 amide bonds. The quantitative estimate of drug-likeness (QED) is 0.916. The Morgan fingerprint density at radius 1 is 1.39 bits per heavy atom. The average molecular weight is 327 g/mol. The molecule has 5 heteroatoms. The molecular formula is C13H15BrN2OS. The van der Waals surface area contributed by atoms with Gasteiger partial charge in [-0.15, -0.1) is 11.3 Å². The summed E-state index contributed by atoms with van der Waals surface area (Å²) in [6.07, 6.45) is 0. The van der Waals surface area contributed by atoms with Gasteiger partial charge in [0.1, 0.15) is 10.8 Å². The molecule has 0 aliphatic heterocycles. The minimum absolute atomic E-state index is 0.748. The van der Waals surface area contributed by atoms with Gasteiger partial charge < -0.3 is 10.1 Å². The van der Waals surface area contributed by atoms with Crippen molar-refractivity contribution in [1.29, 1.82) is 0 Å². The molecule has 0 aliphatic carbocycles. The number of hydrogen-bond donors (Lipinski definition) is 1. The van der Waals surface area contributed by atoms with E-state index in [4.69, 9.17) is 4.74 Å². The summed E-state index contributed by atoms with van der Waals surface area (Å²) in [5.74, 6) is 0.835. The Balaban J connectivity index is 2.04. The number of benzene rings is 1. The molecule has 96 valence electrons. The predicted octanol–water partition coefficient (Wildman–Crippen LogP) is 4.14. The second kappa shape index (κ2) is 5.71. The summed E-state index contributed by atoms with van der Waals surface area (Å²) in [5, 5.41) is 4.46. The van der Waals surface area contributed by atoms with Crippen LogP contribution in [-0.4, -0.2) is 12.1 Å². The number of nitrogens with zero attached hydrogens (tertiary/aromatic N) is 1. The van der Waals surface area contributed by atoms with Crippen LogP contribution in [0, 0.1) is 13.8 Å². The van der Waals surface area contributed by atoms with E-state index in [9.17, 15) is 0 Å². The lowest BCUT2D eigenvalue weighted by molar-refractivity contribution is 0.412. The molecule has 1 N–H and O–H groups in total. The van der Waals surface area contributed by atoms with Crippen LogP contribution in [-0.2, 0) is 6.54 Å². The molecule has 0 radical (unpaired) electrons. The minimum atomic E-state index is 0.748. The molecule has 0 fully saturated rings. The van der Waals surface area contributed by atoms with Crippen molar-refractivity contribution in [2.45, 2.75) is 20.4 Å². The smallest absolute Gasteiger partial charge is 0.133 e. The van der Waals surface area contributed by atoms with E-state index in [0.717, 1.165) is 33.2 Å². The van der Waals surface area contributed by atoms with Crippen molar-refractivity contribution < 1.29 is 4.74 Å². The van der Waals surface area contributed by atoms with Gasteiger partial charge in [0, 0.05) is 10.6 Å². The van der Waals surface area contributed by atoms with Crippen LogP contribution < -0.4 is 10.1 Å². The van der Waals surface area contributed by atoms with E-state index in [1.807, 2.05) is 25.1 Å². The fourth-order valence-electron chi connectivity index (χ4n) is 1.57. The van der Waals surface area contributed by atoms with Crippen LogP contribution in [0.2, 0.25) is 0 Å². The number of aromatic nitrogens is 1. The van der Waals surface area contributed by atoms with Gasteiger partial charge in [0.05, 0.1) is 23.8 Å². The summed E-state index contributed by atoms with van der Waals surface area (Å²) in [7, 11) is 1.66. The number of hydrogen-bond acceptors (Lipinski definition) is 4. The highest BCUT2D eigenvalue weighted by atomic mass is 79.9. The van der Waals surface area contributed by atoms with Crippen molar-refractivity contribution >= 4 is 33.0 Å². The van der Waals surface area contributed by atoms with Crippen molar-refractivity contribution in [3.63, 3.8) is 0 Å². The molecular weight excluding hydrogens is 312 g/mol. The first kappa shape index (κ1) is 13.4. The zero-order valence-corrected chi connectivity index (χ0v) is 13.0. The summed E-state index contributed by atoms with van der Waals surface area (Å²) >= 11 is 5.21. The first-order valence-electron chi connectivity index (χ1n) is 5.60. The van der Waals surface area contributed by atoms with Crippen molar-refractivity contribution in [3.8, 4) is 5.75 Å². The Morgan fingerprint density at radius 3 is 2.72 bits per heavy atom. The zero-order valence-electron chi connectivity index (χ0n) is 10.6. The Hall–Kier alpha value is -1.07. The molecule has 0 spiro atoms. The maximum absolute atomic E-state index is 5.20. The monoisotopic (exact) mass is 326 g/mol. The van der Waals surface area contributed by atoms with Crippen LogP contribution in [0.4, 0.5) is 5.69 Å². The number of ether oxygens (including phenoxy) is 1. The third-order valence-electron chi connectivity index (χ3n) is 2.67. The highest BCUT2D eigenvalue weighted by Gasteiger charge is 2.04. The number of thiazole rings is 1. The second-order valence-corrected chi connectivity index (χ2v) is 6.09. The fraction of sp³-hybridized carbons (Fsp3) is 0.308. The lowest BCUT2D eigenvalue weighted by Crippen LogP contribution is -1.99. The first-order valence-corrected chi connectivity index (χ1v) is 7.21. The van der Waals surface area contributed by atoms with Gasteiger partial charge in [0.2, 0.25) is 0 Å². The maximum atomic E-state index is 5.20. The molecule has 0 unspecified atom stereocenters. The number of rotatable bonds is 4. The van der Waals surface area contributed by atoms with Gasteiger partial charge in [-0.2, -0.15) is 0 Å². The Labute approximate surface area is 119 Å². The summed E-state index contributed by atoms with van der Waals surface area (Å²) in [5.41, 5.74) is 2.17. The van der Waals surface area contributed by atoms with Gasteiger partial charge in [-0.05, 0) is 48.0 Å². The van der Waals surface area contributed by atoms with Crippen molar-refractivity contribution in [2.24, 2.45) is 0 Å². The highest BCUT2D eigenvalue weighted by molar-refractivity contribution is 9.10. The van der Waals surface area contributed by atoms with Gasteiger partial charge in [-0.25, -0.2) is 4.98 Å². The SMILES string of the molecule is COc1ccc(NCc2nc(C)c(C)s2)cc1Br. The van der Waals surface area contributed by atoms with Crippen LogP contribution in [0.3, 0.4) is 0 Å². The van der Waals surface area contributed by atoms with E-state index < -0.39 is 0 Å². The first-order chi connectivity index (χ1) is 8.60. The van der Waals surface area contributed by atoms with Gasteiger partial charge in [-0.3, -0.25) is 0 Å². The van der Waals surface area contributed by atoms with Crippen LogP contribution in [0.1, 0.15) is 15.6 Å². The molecule has 2 rings (SSSR count). The lowest BCUT2D eigenvalue weighted by atomic mass is 10.3. The predicted molar refractivity (Wildman–Crippen MR) is 79.6 cm³/mol. The van der Waals surface area contributed by atoms with Crippen LogP contribution >= 0.6 is 27.3 Å². The van der Waals surface area contributed by atoms with Crippen molar-refractivity contribution in [2.75, 3.05) is 12.4 Å². The molecule has 0 aliphatic rings. The highest BCUT2D eigenvalue weighted by Crippen LogP contribution is 2.28. The van der Waals surface area contributed by atoms with Crippen LogP contribution in [0.25, 0.3) is 0 Å². The van der Waals surface area contributed by atoms with Gasteiger partial charge in [0.15, 0.2) is 0 Å². The molecule has 1 aromatic carbocycles. The van der Waals surface area contributed by atoms with Gasteiger partial charge in [-0.1, -0.05) is 0 Å². The molecule has 3 nitrogen and oxygen atoms in total. The lowest BCUT2D eigenvalue weighted by Gasteiger charge is -2.07. The largest absolute Gasteiger partial charge is 0.496 e. The van der Waals surface area contributed by atoms with Gasteiger partial charge >= 0.3 is 0 Å². The topological polar surface area (TPSA) is 34.1 Å². The van der Waals surface area contributed by atoms with Crippen molar-refractivity contribution in [3.05, 3.63) is 38.3 Å². The van der Waals surface area contributed by atoms with E-state index in [0.29, 0.717) is 0 Å². The second-order valence-electron chi connectivity index (χ2n) is 3.95. The Bertz CT molecular complexity index is 534. The number of aryl methyl sites for hydroxylation is 2. The van der Waals surface area contributed by atoms with E-state index in [1.54, 1.807) is 18.4 Å². The summed E-state index contributed by atoms with van der Waals surface area (Å²) in [4.78, 5) is 5.78. The van der Waals surface area contributed by atoms with E-state index in [1.165, 1.54) is 4.88 Å². The Kier molecular flexibility index (Phi) is 4.24. The number of nitrogens with one attached hydrogen (secondary N) is 1. The van der Waals surface area contributed by atoms with Crippen LogP contribution in [0.15, 0.2) is 22.7 Å². The van der Waals surface area contributed by atoms with Gasteiger partial charge in [0.25, 0.3) is 0 Å². The molecule has 18 heavy (non-hydrogen) atoms. The molecule has 0 bridgehead atoms. The summed E-state index contributed by atoms with van der Waals surface area (Å²) in [6, 6.07) is 5.94. The average Bonchev–Trinajstić information content (AvgIpc) is 2.66. The molecule has 0 saturated heterocycles. The maximum Gasteiger partial charge on any atom is 0.133 e. The zero-order chi connectivity index (χ0) is 13.1. The third kappa shape index (κ3) is 3.03. The fourth-order valence-corrected chi connectivity index (χ4v) is 2.98. The normalized spacial score (nSPS) is 10.4. The minimum Gasteiger partial charge on any atom is -0.496 e. The number of methoxy groups -OCH3 is 1. The van der Waals surface area contributed by atoms with E-state index in [-0.39, 0.29) is 0 Å².